The predicted octanol–water partition coefficient (Wildman–Crippen LogP) is 2.42. The number of benzene rings is 1. The Morgan fingerprint density at radius 3 is 3.06 bits per heavy atom. The Bertz CT molecular complexity index is 392. The fourth-order valence-corrected chi connectivity index (χ4v) is 4.13. The van der Waals surface area contributed by atoms with Crippen molar-refractivity contribution in [1.82, 2.24) is 5.32 Å². The molecule has 0 radical (unpaired) electrons. The SMILES string of the molecule is O=C(O)CCc1ccccc1S[C@@H]1NCCS1. The zero-order valence-electron chi connectivity index (χ0n) is 9.39. The summed E-state index contributed by atoms with van der Waals surface area (Å²) < 4.78 is 0.404. The van der Waals surface area contributed by atoms with Crippen LogP contribution in [0.15, 0.2) is 29.2 Å². The maximum absolute atomic E-state index is 10.6. The van der Waals surface area contributed by atoms with Crippen LogP contribution >= 0.6 is 23.5 Å². The van der Waals surface area contributed by atoms with Gasteiger partial charge in [0.15, 0.2) is 0 Å². The van der Waals surface area contributed by atoms with E-state index in [9.17, 15) is 4.79 Å². The summed E-state index contributed by atoms with van der Waals surface area (Å²) in [6.45, 7) is 1.06. The average Bonchev–Trinajstić information content (AvgIpc) is 2.80. The van der Waals surface area contributed by atoms with Crippen LogP contribution in [-0.2, 0) is 11.2 Å². The van der Waals surface area contributed by atoms with E-state index < -0.39 is 5.97 Å². The lowest BCUT2D eigenvalue weighted by Crippen LogP contribution is -2.15. The molecule has 1 aliphatic rings. The molecule has 0 amide bonds. The first-order valence-electron chi connectivity index (χ1n) is 5.57. The molecule has 1 aromatic carbocycles. The third-order valence-corrected chi connectivity index (χ3v) is 5.14. The van der Waals surface area contributed by atoms with Crippen LogP contribution in [-0.4, -0.2) is 28.1 Å². The normalized spacial score (nSPS) is 19.4. The van der Waals surface area contributed by atoms with Gasteiger partial charge >= 0.3 is 5.97 Å². The van der Waals surface area contributed by atoms with Crippen molar-refractivity contribution in [3.05, 3.63) is 29.8 Å². The van der Waals surface area contributed by atoms with Gasteiger partial charge in [0.1, 0.15) is 4.71 Å². The van der Waals surface area contributed by atoms with Gasteiger partial charge in [-0.2, -0.15) is 0 Å². The molecule has 1 aromatic rings. The second-order valence-corrected chi connectivity index (χ2v) is 6.43. The average molecular weight is 269 g/mol. The Morgan fingerprint density at radius 1 is 1.53 bits per heavy atom. The lowest BCUT2D eigenvalue weighted by Gasteiger charge is -2.12. The topological polar surface area (TPSA) is 49.3 Å². The molecule has 0 unspecified atom stereocenters. The molecular weight excluding hydrogens is 254 g/mol. The van der Waals surface area contributed by atoms with Gasteiger partial charge < -0.3 is 5.11 Å². The minimum absolute atomic E-state index is 0.197. The van der Waals surface area contributed by atoms with Crippen molar-refractivity contribution >= 4 is 29.5 Å². The fourth-order valence-electron chi connectivity index (χ4n) is 1.66. The van der Waals surface area contributed by atoms with E-state index in [1.165, 1.54) is 4.90 Å². The van der Waals surface area contributed by atoms with E-state index in [0.29, 0.717) is 11.1 Å². The van der Waals surface area contributed by atoms with Crippen molar-refractivity contribution in [2.45, 2.75) is 22.4 Å². The zero-order chi connectivity index (χ0) is 12.1. The molecule has 17 heavy (non-hydrogen) atoms. The first-order chi connectivity index (χ1) is 8.25. The molecule has 5 heteroatoms. The lowest BCUT2D eigenvalue weighted by atomic mass is 10.1. The first kappa shape index (κ1) is 12.8. The quantitative estimate of drug-likeness (QED) is 0.859. The molecule has 0 spiro atoms. The summed E-state index contributed by atoms with van der Waals surface area (Å²) in [6.07, 6.45) is 0.804. The van der Waals surface area contributed by atoms with Crippen molar-refractivity contribution in [3.8, 4) is 0 Å². The maximum atomic E-state index is 10.6. The Labute approximate surface area is 109 Å². The molecule has 0 aliphatic carbocycles. The monoisotopic (exact) mass is 269 g/mol. The van der Waals surface area contributed by atoms with Crippen molar-refractivity contribution in [1.29, 1.82) is 0 Å². The van der Waals surface area contributed by atoms with Gasteiger partial charge in [-0.3, -0.25) is 10.1 Å². The Kier molecular flexibility index (Phi) is 4.76. The zero-order valence-corrected chi connectivity index (χ0v) is 11.0. The van der Waals surface area contributed by atoms with Crippen LogP contribution < -0.4 is 5.32 Å². The van der Waals surface area contributed by atoms with Gasteiger partial charge in [-0.25, -0.2) is 0 Å². The lowest BCUT2D eigenvalue weighted by molar-refractivity contribution is -0.136. The smallest absolute Gasteiger partial charge is 0.303 e. The van der Waals surface area contributed by atoms with Gasteiger partial charge in [0, 0.05) is 23.6 Å². The van der Waals surface area contributed by atoms with Crippen molar-refractivity contribution in [2.75, 3.05) is 12.3 Å². The van der Waals surface area contributed by atoms with Crippen molar-refractivity contribution in [2.24, 2.45) is 0 Å². The number of aryl methyl sites for hydroxylation is 1. The van der Waals surface area contributed by atoms with E-state index in [2.05, 4.69) is 11.4 Å². The highest BCUT2D eigenvalue weighted by Gasteiger charge is 2.17. The highest BCUT2D eigenvalue weighted by atomic mass is 32.2. The molecule has 2 N–H and O–H groups in total. The van der Waals surface area contributed by atoms with Crippen LogP contribution in [0.4, 0.5) is 0 Å². The molecule has 1 heterocycles. The highest BCUT2D eigenvalue weighted by Crippen LogP contribution is 2.33. The summed E-state index contributed by atoms with van der Waals surface area (Å²) in [5, 5.41) is 12.1. The van der Waals surface area contributed by atoms with Gasteiger partial charge in [0.2, 0.25) is 0 Å². The summed E-state index contributed by atoms with van der Waals surface area (Å²) in [4.78, 5) is 11.8. The maximum Gasteiger partial charge on any atom is 0.303 e. The molecule has 2 rings (SSSR count). The van der Waals surface area contributed by atoms with E-state index in [4.69, 9.17) is 5.11 Å². The number of nitrogens with one attached hydrogen (secondary N) is 1. The Morgan fingerprint density at radius 2 is 2.35 bits per heavy atom. The van der Waals surface area contributed by atoms with Crippen LogP contribution in [0.3, 0.4) is 0 Å². The van der Waals surface area contributed by atoms with Crippen LogP contribution in [0.1, 0.15) is 12.0 Å². The first-order valence-corrected chi connectivity index (χ1v) is 7.50. The fraction of sp³-hybridized carbons (Fsp3) is 0.417. The van der Waals surface area contributed by atoms with Crippen LogP contribution in [0.25, 0.3) is 0 Å². The van der Waals surface area contributed by atoms with Gasteiger partial charge in [-0.15, -0.1) is 11.8 Å². The Balaban J connectivity index is 2.01. The van der Waals surface area contributed by atoms with E-state index in [0.717, 1.165) is 17.9 Å². The van der Waals surface area contributed by atoms with Crippen LogP contribution in [0, 0.1) is 0 Å². The molecule has 0 saturated carbocycles. The molecule has 3 nitrogen and oxygen atoms in total. The van der Waals surface area contributed by atoms with Gasteiger partial charge in [-0.1, -0.05) is 30.0 Å². The van der Waals surface area contributed by atoms with E-state index in [1.807, 2.05) is 30.0 Å². The standard InChI is InChI=1S/C12H15NO2S2/c14-11(15)6-5-9-3-1-2-4-10(9)17-12-13-7-8-16-12/h1-4,12-13H,5-8H2,(H,14,15)/t12-/m1/s1. The number of aliphatic carboxylic acids is 1. The van der Waals surface area contributed by atoms with Crippen LogP contribution in [0.2, 0.25) is 0 Å². The third-order valence-electron chi connectivity index (χ3n) is 2.50. The minimum Gasteiger partial charge on any atom is -0.481 e. The second kappa shape index (κ2) is 6.33. The predicted molar refractivity (Wildman–Crippen MR) is 72.5 cm³/mol. The second-order valence-electron chi connectivity index (χ2n) is 3.78. The number of hydrogen-bond acceptors (Lipinski definition) is 4. The number of hydrogen-bond donors (Lipinski definition) is 2. The highest BCUT2D eigenvalue weighted by molar-refractivity contribution is 8.17. The number of carbonyl (C=O) groups is 1. The van der Waals surface area contributed by atoms with Gasteiger partial charge in [0.25, 0.3) is 0 Å². The number of rotatable bonds is 5. The van der Waals surface area contributed by atoms with Gasteiger partial charge in [0.05, 0.1) is 0 Å². The molecule has 1 fully saturated rings. The minimum atomic E-state index is -0.738. The summed E-state index contributed by atoms with van der Waals surface area (Å²) in [5.41, 5.74) is 1.13. The van der Waals surface area contributed by atoms with E-state index in [-0.39, 0.29) is 6.42 Å². The molecular formula is C12H15NO2S2. The van der Waals surface area contributed by atoms with Crippen molar-refractivity contribution < 1.29 is 9.90 Å². The molecule has 1 aliphatic heterocycles. The third kappa shape index (κ3) is 3.94. The molecule has 0 aromatic heterocycles. The molecule has 0 bridgehead atoms. The number of carboxylic acids is 1. The molecule has 1 saturated heterocycles. The van der Waals surface area contributed by atoms with E-state index in [1.54, 1.807) is 11.8 Å². The van der Waals surface area contributed by atoms with E-state index >= 15 is 0 Å². The summed E-state index contributed by atoms with van der Waals surface area (Å²) in [5.74, 6) is 0.410. The summed E-state index contributed by atoms with van der Waals surface area (Å²) in [7, 11) is 0. The summed E-state index contributed by atoms with van der Waals surface area (Å²) in [6, 6.07) is 8.07. The largest absolute Gasteiger partial charge is 0.481 e. The van der Waals surface area contributed by atoms with Gasteiger partial charge in [-0.05, 0) is 18.1 Å². The van der Waals surface area contributed by atoms with Crippen LogP contribution in [0.5, 0.6) is 0 Å². The summed E-state index contributed by atoms with van der Waals surface area (Å²) >= 11 is 3.69. The Hall–Kier alpha value is -0.650. The molecule has 1 atom stereocenters. The molecule has 92 valence electrons. The van der Waals surface area contributed by atoms with Crippen molar-refractivity contribution in [3.63, 3.8) is 0 Å². The number of carboxylic acid groups (broad SMARTS) is 1. The number of thioether (sulfide) groups is 2.